The number of likely N-dealkylation sites (tertiary alicyclic amines) is 1. The zero-order valence-electron chi connectivity index (χ0n) is 16.1. The predicted octanol–water partition coefficient (Wildman–Crippen LogP) is 1.15. The molecule has 150 valence electrons. The van der Waals surface area contributed by atoms with Crippen molar-refractivity contribution in [1.29, 1.82) is 0 Å². The van der Waals surface area contributed by atoms with Crippen LogP contribution in [0.3, 0.4) is 0 Å². The highest BCUT2D eigenvalue weighted by Crippen LogP contribution is 2.22. The van der Waals surface area contributed by atoms with Crippen molar-refractivity contribution in [3.05, 3.63) is 35.8 Å². The molecule has 0 aliphatic carbocycles. The molecule has 1 amide bonds. The average Bonchev–Trinajstić information content (AvgIpc) is 3.43. The molecule has 0 spiro atoms. The number of amides is 1. The van der Waals surface area contributed by atoms with Crippen LogP contribution in [0.2, 0.25) is 0 Å². The summed E-state index contributed by atoms with van der Waals surface area (Å²) in [5.41, 5.74) is 1.31. The average molecular weight is 387 g/mol. The fraction of sp³-hybridized carbons (Fsp3) is 0.579. The number of nitrogens with one attached hydrogen (secondary N) is 1. The van der Waals surface area contributed by atoms with Crippen molar-refractivity contribution >= 4 is 11.7 Å². The highest BCUT2D eigenvalue weighted by atomic mass is 19.1. The molecule has 0 aromatic carbocycles. The zero-order valence-corrected chi connectivity index (χ0v) is 16.1. The van der Waals surface area contributed by atoms with E-state index >= 15 is 0 Å². The van der Waals surface area contributed by atoms with Gasteiger partial charge in [-0.25, -0.2) is 4.39 Å². The van der Waals surface area contributed by atoms with Crippen molar-refractivity contribution < 1.29 is 9.18 Å². The van der Waals surface area contributed by atoms with Gasteiger partial charge < -0.3 is 10.2 Å². The lowest BCUT2D eigenvalue weighted by atomic mass is 10.2. The molecule has 28 heavy (non-hydrogen) atoms. The first-order valence-electron chi connectivity index (χ1n) is 9.82. The van der Waals surface area contributed by atoms with Gasteiger partial charge in [-0.3, -0.25) is 14.4 Å². The maximum atomic E-state index is 14.0. The van der Waals surface area contributed by atoms with Crippen molar-refractivity contribution in [3.8, 4) is 0 Å². The predicted molar refractivity (Wildman–Crippen MR) is 103 cm³/mol. The van der Waals surface area contributed by atoms with Crippen molar-refractivity contribution in [2.24, 2.45) is 7.05 Å². The van der Waals surface area contributed by atoms with E-state index in [-0.39, 0.29) is 17.6 Å². The standard InChI is InChI=1S/C19H26FN7O/c1-25-15(6-7-22-25)13-27-12-14(20)10-16(27)11-21-19(28)17-4-5-18(24-23-17)26-8-2-3-9-26/h4-7,14,16H,2-3,8-13H2,1H3,(H,21,28)/t14-,16-/m0/s1. The molecule has 0 saturated carbocycles. The summed E-state index contributed by atoms with van der Waals surface area (Å²) in [7, 11) is 1.87. The maximum Gasteiger partial charge on any atom is 0.271 e. The minimum absolute atomic E-state index is 0.0503. The van der Waals surface area contributed by atoms with Crippen LogP contribution in [-0.2, 0) is 13.6 Å². The van der Waals surface area contributed by atoms with Crippen LogP contribution in [0.15, 0.2) is 24.4 Å². The number of hydrogen-bond acceptors (Lipinski definition) is 6. The summed E-state index contributed by atoms with van der Waals surface area (Å²) in [5.74, 6) is 0.538. The van der Waals surface area contributed by atoms with Crippen LogP contribution in [0.5, 0.6) is 0 Å². The van der Waals surface area contributed by atoms with Crippen LogP contribution in [0, 0.1) is 0 Å². The van der Waals surface area contributed by atoms with E-state index in [0.29, 0.717) is 26.1 Å². The van der Waals surface area contributed by atoms with Crippen LogP contribution < -0.4 is 10.2 Å². The quantitative estimate of drug-likeness (QED) is 0.801. The first-order valence-corrected chi connectivity index (χ1v) is 9.82. The van der Waals surface area contributed by atoms with Crippen LogP contribution in [0.4, 0.5) is 10.2 Å². The molecule has 4 heterocycles. The number of alkyl halides is 1. The second-order valence-corrected chi connectivity index (χ2v) is 7.54. The van der Waals surface area contributed by atoms with Gasteiger partial charge in [0, 0.05) is 52.0 Å². The molecule has 0 radical (unpaired) electrons. The third-order valence-corrected chi connectivity index (χ3v) is 5.58. The molecule has 2 aliphatic rings. The van der Waals surface area contributed by atoms with Crippen LogP contribution in [-0.4, -0.2) is 69.2 Å². The van der Waals surface area contributed by atoms with Crippen LogP contribution >= 0.6 is 0 Å². The van der Waals surface area contributed by atoms with Gasteiger partial charge in [0.05, 0.1) is 5.69 Å². The number of aromatic nitrogens is 4. The minimum Gasteiger partial charge on any atom is -0.355 e. The van der Waals surface area contributed by atoms with E-state index in [4.69, 9.17) is 0 Å². The molecule has 2 aromatic rings. The Labute approximate surface area is 163 Å². The third kappa shape index (κ3) is 4.14. The summed E-state index contributed by atoms with van der Waals surface area (Å²) in [6, 6.07) is 5.43. The Kier molecular flexibility index (Phi) is 5.52. The molecule has 2 fully saturated rings. The molecule has 8 nitrogen and oxygen atoms in total. The van der Waals surface area contributed by atoms with Gasteiger partial charge in [-0.2, -0.15) is 5.10 Å². The summed E-state index contributed by atoms with van der Waals surface area (Å²) < 4.78 is 15.8. The molecule has 4 rings (SSSR count). The number of rotatable bonds is 6. The summed E-state index contributed by atoms with van der Waals surface area (Å²) in [6.45, 7) is 3.34. The van der Waals surface area contributed by atoms with Gasteiger partial charge in [-0.05, 0) is 37.5 Å². The van der Waals surface area contributed by atoms with E-state index in [0.717, 1.165) is 37.4 Å². The Balaban J connectivity index is 1.33. The normalized spacial score (nSPS) is 22.7. The van der Waals surface area contributed by atoms with E-state index in [1.807, 2.05) is 19.2 Å². The smallest absolute Gasteiger partial charge is 0.271 e. The lowest BCUT2D eigenvalue weighted by Crippen LogP contribution is -2.40. The first-order chi connectivity index (χ1) is 13.6. The molecule has 9 heteroatoms. The first kappa shape index (κ1) is 18.8. The SMILES string of the molecule is Cn1nccc1CN1C[C@@H](F)C[C@H]1CNC(=O)c1ccc(N2CCCC2)nn1. The number of anilines is 1. The van der Waals surface area contributed by atoms with Gasteiger partial charge in [0.25, 0.3) is 5.91 Å². The molecule has 2 aromatic heterocycles. The van der Waals surface area contributed by atoms with E-state index in [2.05, 4.69) is 30.4 Å². The summed E-state index contributed by atoms with van der Waals surface area (Å²) >= 11 is 0. The minimum atomic E-state index is -0.880. The molecular weight excluding hydrogens is 361 g/mol. The lowest BCUT2D eigenvalue weighted by molar-refractivity contribution is 0.0933. The Morgan fingerprint density at radius 2 is 2.07 bits per heavy atom. The van der Waals surface area contributed by atoms with Crippen molar-refractivity contribution in [2.45, 2.75) is 38.0 Å². The van der Waals surface area contributed by atoms with Gasteiger partial charge in [-0.1, -0.05) is 0 Å². The summed E-state index contributed by atoms with van der Waals surface area (Å²) in [4.78, 5) is 16.7. The van der Waals surface area contributed by atoms with E-state index < -0.39 is 6.17 Å². The van der Waals surface area contributed by atoms with Crippen LogP contribution in [0.1, 0.15) is 35.4 Å². The third-order valence-electron chi connectivity index (χ3n) is 5.58. The number of carbonyl (C=O) groups is 1. The Morgan fingerprint density at radius 3 is 2.75 bits per heavy atom. The fourth-order valence-electron chi connectivity index (χ4n) is 3.96. The topological polar surface area (TPSA) is 79.2 Å². The molecule has 1 N–H and O–H groups in total. The van der Waals surface area contributed by atoms with Gasteiger partial charge in [0.15, 0.2) is 11.5 Å². The molecular formula is C19H26FN7O. The molecule has 0 bridgehead atoms. The number of nitrogens with zero attached hydrogens (tertiary/aromatic N) is 6. The number of hydrogen-bond donors (Lipinski definition) is 1. The van der Waals surface area contributed by atoms with Gasteiger partial charge >= 0.3 is 0 Å². The Bertz CT molecular complexity index is 803. The fourth-order valence-corrected chi connectivity index (χ4v) is 3.96. The van der Waals surface area contributed by atoms with Gasteiger partial charge in [-0.15, -0.1) is 10.2 Å². The van der Waals surface area contributed by atoms with E-state index in [1.165, 1.54) is 0 Å². The van der Waals surface area contributed by atoms with Crippen LogP contribution in [0.25, 0.3) is 0 Å². The zero-order chi connectivity index (χ0) is 19.5. The van der Waals surface area contributed by atoms with Gasteiger partial charge in [0.2, 0.25) is 0 Å². The monoisotopic (exact) mass is 387 g/mol. The number of aryl methyl sites for hydroxylation is 1. The molecule has 2 atom stereocenters. The molecule has 2 aliphatic heterocycles. The highest BCUT2D eigenvalue weighted by molar-refractivity contribution is 5.92. The van der Waals surface area contributed by atoms with Crippen molar-refractivity contribution in [1.82, 2.24) is 30.2 Å². The van der Waals surface area contributed by atoms with Crippen molar-refractivity contribution in [3.63, 3.8) is 0 Å². The van der Waals surface area contributed by atoms with Gasteiger partial charge in [0.1, 0.15) is 6.17 Å². The largest absolute Gasteiger partial charge is 0.355 e. The Morgan fingerprint density at radius 1 is 1.25 bits per heavy atom. The molecule has 2 saturated heterocycles. The second-order valence-electron chi connectivity index (χ2n) is 7.54. The second kappa shape index (κ2) is 8.22. The maximum absolute atomic E-state index is 14.0. The Hall–Kier alpha value is -2.55. The summed E-state index contributed by atoms with van der Waals surface area (Å²) in [6.07, 6.45) is 3.60. The van der Waals surface area contributed by atoms with Crippen molar-refractivity contribution in [2.75, 3.05) is 31.1 Å². The number of carbonyl (C=O) groups excluding carboxylic acids is 1. The van der Waals surface area contributed by atoms with E-state index in [9.17, 15) is 9.18 Å². The lowest BCUT2D eigenvalue weighted by Gasteiger charge is -2.24. The highest BCUT2D eigenvalue weighted by Gasteiger charge is 2.32. The number of halogens is 1. The summed E-state index contributed by atoms with van der Waals surface area (Å²) in [5, 5.41) is 15.3. The van der Waals surface area contributed by atoms with E-state index in [1.54, 1.807) is 16.9 Å². The molecule has 0 unspecified atom stereocenters.